The molecule has 4 heterocycles. The first-order valence-corrected chi connectivity index (χ1v) is 11.8. The Morgan fingerprint density at radius 1 is 0.970 bits per heavy atom. The van der Waals surface area contributed by atoms with Crippen LogP contribution in [0.25, 0.3) is 10.9 Å². The number of para-hydroxylation sites is 1. The molecule has 0 N–H and O–H groups in total. The van der Waals surface area contributed by atoms with Crippen LogP contribution in [0.15, 0.2) is 59.8 Å². The first-order valence-electron chi connectivity index (χ1n) is 11.8. The Hall–Kier alpha value is -3.26. The average Bonchev–Trinajstić information content (AvgIpc) is 2.87. The minimum absolute atomic E-state index is 0.00106. The number of nitrogens with zero attached hydrogens (tertiary/aromatic N) is 6. The van der Waals surface area contributed by atoms with E-state index in [2.05, 4.69) is 25.8 Å². The first kappa shape index (κ1) is 21.6. The van der Waals surface area contributed by atoms with Crippen LogP contribution in [0.4, 0.5) is 5.82 Å². The predicted octanol–water partition coefficient (Wildman–Crippen LogP) is 1.85. The van der Waals surface area contributed by atoms with Crippen LogP contribution < -0.4 is 10.5 Å². The van der Waals surface area contributed by atoms with Crippen molar-refractivity contribution in [1.29, 1.82) is 0 Å². The van der Waals surface area contributed by atoms with E-state index in [9.17, 15) is 9.59 Å². The number of hydrogen-bond acceptors (Lipinski definition) is 6. The Labute approximate surface area is 193 Å². The van der Waals surface area contributed by atoms with Crippen LogP contribution >= 0.6 is 0 Å². The third-order valence-electron chi connectivity index (χ3n) is 6.77. The van der Waals surface area contributed by atoms with E-state index in [4.69, 9.17) is 0 Å². The summed E-state index contributed by atoms with van der Waals surface area (Å²) in [5.74, 6) is 1.51. The second-order valence-electron chi connectivity index (χ2n) is 9.02. The molecule has 0 saturated carbocycles. The number of benzene rings is 1. The van der Waals surface area contributed by atoms with Gasteiger partial charge in [0.05, 0.1) is 17.2 Å². The van der Waals surface area contributed by atoms with Gasteiger partial charge in [-0.25, -0.2) is 9.97 Å². The summed E-state index contributed by atoms with van der Waals surface area (Å²) >= 11 is 0. The topological polar surface area (TPSA) is 74.6 Å². The maximum absolute atomic E-state index is 13.0. The van der Waals surface area contributed by atoms with Crippen molar-refractivity contribution in [2.75, 3.05) is 50.7 Å². The number of rotatable bonds is 5. The highest BCUT2D eigenvalue weighted by atomic mass is 16.2. The van der Waals surface area contributed by atoms with Gasteiger partial charge in [0.15, 0.2) is 0 Å². The van der Waals surface area contributed by atoms with E-state index in [1.54, 1.807) is 6.07 Å². The number of carbonyl (C=O) groups excluding carboxylic acids is 1. The standard InChI is InChI=1S/C25H30N6O2/c32-24(18-31-19-27-22-8-2-1-7-21(22)25(31)33)30-11-5-6-20(17-30)16-28-12-14-29(15-13-28)23-9-3-4-10-26-23/h1-4,7-10,19-20H,5-6,11-18H2/t20-/m1/s1. The van der Waals surface area contributed by atoms with E-state index < -0.39 is 0 Å². The summed E-state index contributed by atoms with van der Waals surface area (Å²) < 4.78 is 1.44. The highest BCUT2D eigenvalue weighted by Crippen LogP contribution is 2.20. The number of likely N-dealkylation sites (tertiary alicyclic amines) is 1. The Morgan fingerprint density at radius 2 is 1.79 bits per heavy atom. The number of piperidine rings is 1. The minimum Gasteiger partial charge on any atom is -0.354 e. The van der Waals surface area contributed by atoms with Gasteiger partial charge in [0.2, 0.25) is 5.91 Å². The highest BCUT2D eigenvalue weighted by molar-refractivity contribution is 5.79. The number of piperazine rings is 1. The van der Waals surface area contributed by atoms with Crippen molar-refractivity contribution < 1.29 is 4.79 Å². The fraction of sp³-hybridized carbons (Fsp3) is 0.440. The molecule has 0 spiro atoms. The fourth-order valence-electron chi connectivity index (χ4n) is 4.97. The maximum Gasteiger partial charge on any atom is 0.261 e. The minimum atomic E-state index is -0.159. The highest BCUT2D eigenvalue weighted by Gasteiger charge is 2.27. The largest absolute Gasteiger partial charge is 0.354 e. The molecule has 2 saturated heterocycles. The van der Waals surface area contributed by atoms with Gasteiger partial charge < -0.3 is 9.80 Å². The lowest BCUT2D eigenvalue weighted by atomic mass is 9.97. The number of amides is 1. The molecular weight excluding hydrogens is 416 g/mol. The summed E-state index contributed by atoms with van der Waals surface area (Å²) in [7, 11) is 0. The molecule has 0 radical (unpaired) electrons. The summed E-state index contributed by atoms with van der Waals surface area (Å²) in [6.07, 6.45) is 5.49. The van der Waals surface area contributed by atoms with Gasteiger partial charge in [-0.15, -0.1) is 0 Å². The van der Waals surface area contributed by atoms with Crippen LogP contribution in [0.1, 0.15) is 12.8 Å². The number of hydrogen-bond donors (Lipinski definition) is 0. The third kappa shape index (κ3) is 4.90. The zero-order valence-corrected chi connectivity index (χ0v) is 18.8. The zero-order valence-electron chi connectivity index (χ0n) is 18.8. The third-order valence-corrected chi connectivity index (χ3v) is 6.77. The van der Waals surface area contributed by atoms with Crippen molar-refractivity contribution in [1.82, 2.24) is 24.3 Å². The van der Waals surface area contributed by atoms with E-state index in [0.717, 1.165) is 64.5 Å². The van der Waals surface area contributed by atoms with E-state index in [-0.39, 0.29) is 18.0 Å². The lowest BCUT2D eigenvalue weighted by Gasteiger charge is -2.39. The second-order valence-corrected chi connectivity index (χ2v) is 9.02. The van der Waals surface area contributed by atoms with Crippen molar-refractivity contribution in [3.63, 3.8) is 0 Å². The number of anilines is 1. The maximum atomic E-state index is 13.0. The Morgan fingerprint density at radius 3 is 2.61 bits per heavy atom. The summed E-state index contributed by atoms with van der Waals surface area (Å²) in [6.45, 7) is 6.56. The molecule has 0 unspecified atom stereocenters. The summed E-state index contributed by atoms with van der Waals surface area (Å²) in [5, 5.41) is 0.550. The lowest BCUT2D eigenvalue weighted by molar-refractivity contribution is -0.133. The van der Waals surface area contributed by atoms with Crippen molar-refractivity contribution >= 4 is 22.6 Å². The molecule has 172 valence electrons. The van der Waals surface area contributed by atoms with Gasteiger partial charge in [0.1, 0.15) is 12.4 Å². The normalized spacial score (nSPS) is 19.7. The van der Waals surface area contributed by atoms with Crippen LogP contribution in [0.2, 0.25) is 0 Å². The average molecular weight is 447 g/mol. The van der Waals surface area contributed by atoms with Gasteiger partial charge in [-0.3, -0.25) is 19.1 Å². The van der Waals surface area contributed by atoms with Crippen molar-refractivity contribution in [2.45, 2.75) is 19.4 Å². The van der Waals surface area contributed by atoms with Crippen molar-refractivity contribution in [3.05, 3.63) is 65.3 Å². The molecule has 5 rings (SSSR count). The number of carbonyl (C=O) groups is 1. The predicted molar refractivity (Wildman–Crippen MR) is 128 cm³/mol. The van der Waals surface area contributed by atoms with E-state index in [1.807, 2.05) is 41.4 Å². The molecule has 0 bridgehead atoms. The van der Waals surface area contributed by atoms with E-state index in [0.29, 0.717) is 16.8 Å². The van der Waals surface area contributed by atoms with Crippen molar-refractivity contribution in [3.8, 4) is 0 Å². The molecule has 2 fully saturated rings. The van der Waals surface area contributed by atoms with Crippen LogP contribution in [-0.2, 0) is 11.3 Å². The molecule has 0 aliphatic carbocycles. The molecule has 33 heavy (non-hydrogen) atoms. The Bertz CT molecular complexity index is 1160. The van der Waals surface area contributed by atoms with Gasteiger partial charge >= 0.3 is 0 Å². The monoisotopic (exact) mass is 446 g/mol. The summed E-state index contributed by atoms with van der Waals surface area (Å²) in [6, 6.07) is 13.3. The van der Waals surface area contributed by atoms with E-state index in [1.165, 1.54) is 10.9 Å². The smallest absolute Gasteiger partial charge is 0.261 e. The van der Waals surface area contributed by atoms with Crippen LogP contribution in [0.3, 0.4) is 0 Å². The Kier molecular flexibility index (Phi) is 6.35. The van der Waals surface area contributed by atoms with Crippen LogP contribution in [0.5, 0.6) is 0 Å². The molecular formula is C25H30N6O2. The molecule has 8 heteroatoms. The number of aromatic nitrogens is 3. The molecule has 3 aromatic rings. The van der Waals surface area contributed by atoms with Crippen LogP contribution in [0, 0.1) is 5.92 Å². The molecule has 1 aromatic carbocycles. The van der Waals surface area contributed by atoms with Crippen molar-refractivity contribution in [2.24, 2.45) is 5.92 Å². The van der Waals surface area contributed by atoms with Crippen LogP contribution in [-0.4, -0.2) is 76.1 Å². The van der Waals surface area contributed by atoms with Gasteiger partial charge in [-0.2, -0.15) is 0 Å². The molecule has 1 amide bonds. The lowest BCUT2D eigenvalue weighted by Crippen LogP contribution is -2.50. The zero-order chi connectivity index (χ0) is 22.6. The van der Waals surface area contributed by atoms with Gasteiger partial charge in [0.25, 0.3) is 5.56 Å². The van der Waals surface area contributed by atoms with E-state index >= 15 is 0 Å². The SMILES string of the molecule is O=C(Cn1cnc2ccccc2c1=O)N1CCC[C@H](CN2CCN(c3ccccn3)CC2)C1. The molecule has 2 aliphatic rings. The summed E-state index contributed by atoms with van der Waals surface area (Å²) in [4.78, 5) is 41.3. The van der Waals surface area contributed by atoms with Gasteiger partial charge in [-0.1, -0.05) is 18.2 Å². The second kappa shape index (κ2) is 9.70. The Balaban J connectivity index is 1.15. The number of pyridine rings is 1. The number of fused-ring (bicyclic) bond motifs is 1. The van der Waals surface area contributed by atoms with Gasteiger partial charge in [-0.05, 0) is 43.0 Å². The first-order chi connectivity index (χ1) is 16.2. The fourth-order valence-corrected chi connectivity index (χ4v) is 4.97. The molecule has 2 aromatic heterocycles. The quantitative estimate of drug-likeness (QED) is 0.596. The molecule has 1 atom stereocenters. The van der Waals surface area contributed by atoms with Gasteiger partial charge in [0, 0.05) is 52.0 Å². The summed E-state index contributed by atoms with van der Waals surface area (Å²) in [5.41, 5.74) is 0.501. The molecule has 2 aliphatic heterocycles. The molecule has 8 nitrogen and oxygen atoms in total.